The Labute approximate surface area is 278 Å². The third kappa shape index (κ3) is 4.63. The van der Waals surface area contributed by atoms with Gasteiger partial charge in [0, 0.05) is 0 Å². The highest BCUT2D eigenvalue weighted by Gasteiger charge is 2.67. The van der Waals surface area contributed by atoms with Crippen molar-refractivity contribution in [1.29, 1.82) is 0 Å². The zero-order chi connectivity index (χ0) is 32.5. The molecule has 7 rings (SSSR count). The molecule has 1 saturated heterocycles. The lowest BCUT2D eigenvalue weighted by Crippen LogP contribution is -2.82. The number of amides is 3. The number of carbonyl (C=O) groups excluding carboxylic acids is 2. The number of imide groups is 1. The lowest BCUT2D eigenvalue weighted by molar-refractivity contribution is -0.128. The number of benzene rings is 6. The van der Waals surface area contributed by atoms with Gasteiger partial charge in [-0.15, -0.1) is 0 Å². The second-order valence-electron chi connectivity index (χ2n) is 12.4. The maximum Gasteiger partial charge on any atom is 0.313 e. The van der Waals surface area contributed by atoms with Crippen LogP contribution in [0.25, 0.3) is 0 Å². The zero-order valence-corrected chi connectivity index (χ0v) is 28.5. The van der Waals surface area contributed by atoms with E-state index in [2.05, 4.69) is 72.8 Å². The van der Waals surface area contributed by atoms with Crippen molar-refractivity contribution in [2.45, 2.75) is 19.4 Å². The van der Waals surface area contributed by atoms with Gasteiger partial charge < -0.3 is 4.57 Å². The standard InChI is InChI=1S/C41H36N2O2Si2/c1-41(2)39(44)42(46(33-21-9-3-10-22-33,34-23-11-4-12-24-34)35-25-13-5-14-26-35)40(45)43(41)47(36-27-15-6-16-28-36,37-29-17-7-18-30-37)38-31-19-8-20-32-38/h3-32H,1-2H3. The first-order valence-corrected chi connectivity index (χ1v) is 19.9. The molecule has 6 heteroatoms. The Bertz CT molecular complexity index is 1800. The highest BCUT2D eigenvalue weighted by Crippen LogP contribution is 2.36. The fourth-order valence-electron chi connectivity index (χ4n) is 7.50. The maximum atomic E-state index is 16.0. The third-order valence-corrected chi connectivity index (χ3v) is 19.0. The van der Waals surface area contributed by atoms with E-state index in [9.17, 15) is 0 Å². The molecule has 0 spiro atoms. The first kappa shape index (κ1) is 30.4. The molecule has 0 aliphatic carbocycles. The summed E-state index contributed by atoms with van der Waals surface area (Å²) in [6.07, 6.45) is 0. The van der Waals surface area contributed by atoms with Crippen LogP contribution in [-0.2, 0) is 4.79 Å². The van der Waals surface area contributed by atoms with Crippen molar-refractivity contribution < 1.29 is 9.59 Å². The van der Waals surface area contributed by atoms with Crippen molar-refractivity contribution in [2.24, 2.45) is 0 Å². The maximum absolute atomic E-state index is 16.0. The van der Waals surface area contributed by atoms with Crippen LogP contribution < -0.4 is 31.1 Å². The number of hydrogen-bond acceptors (Lipinski definition) is 2. The Balaban J connectivity index is 1.60. The number of rotatable bonds is 8. The van der Waals surface area contributed by atoms with Crippen LogP contribution in [0.4, 0.5) is 4.79 Å². The zero-order valence-electron chi connectivity index (χ0n) is 26.5. The minimum atomic E-state index is -3.51. The molecule has 6 aromatic carbocycles. The molecule has 1 fully saturated rings. The van der Waals surface area contributed by atoms with Crippen LogP contribution in [0.3, 0.4) is 0 Å². The minimum absolute atomic E-state index is 0.189. The summed E-state index contributed by atoms with van der Waals surface area (Å²) in [5.74, 6) is -0.189. The molecule has 47 heavy (non-hydrogen) atoms. The molecule has 1 heterocycles. The number of carbonyl (C=O) groups is 2. The largest absolute Gasteiger partial charge is 0.326 e. The van der Waals surface area contributed by atoms with Gasteiger partial charge in [0.1, 0.15) is 5.54 Å². The quantitative estimate of drug-likeness (QED) is 0.140. The Morgan fingerprint density at radius 3 is 0.872 bits per heavy atom. The van der Waals surface area contributed by atoms with E-state index < -0.39 is 22.0 Å². The lowest BCUT2D eigenvalue weighted by Gasteiger charge is -2.46. The van der Waals surface area contributed by atoms with Crippen molar-refractivity contribution in [1.82, 2.24) is 9.13 Å². The van der Waals surface area contributed by atoms with Gasteiger partial charge in [-0.3, -0.25) is 9.36 Å². The summed E-state index contributed by atoms with van der Waals surface area (Å²) in [5.41, 5.74) is -1.18. The van der Waals surface area contributed by atoms with Gasteiger partial charge >= 0.3 is 6.03 Å². The molecule has 230 valence electrons. The summed E-state index contributed by atoms with van der Waals surface area (Å²) >= 11 is 0. The van der Waals surface area contributed by atoms with Gasteiger partial charge in [-0.05, 0) is 45.0 Å². The van der Waals surface area contributed by atoms with Crippen LogP contribution in [-0.4, -0.2) is 43.1 Å². The Morgan fingerprint density at radius 1 is 0.383 bits per heavy atom. The molecular weight excluding hydrogens is 609 g/mol. The summed E-state index contributed by atoms with van der Waals surface area (Å²) in [6.45, 7) is 3.87. The fourth-order valence-corrected chi connectivity index (χ4v) is 17.5. The number of urea groups is 1. The Morgan fingerprint density at radius 2 is 0.617 bits per heavy atom. The van der Waals surface area contributed by atoms with E-state index in [1.54, 1.807) is 4.57 Å². The summed E-state index contributed by atoms with van der Waals surface area (Å²) in [4.78, 5) is 31.4. The fraction of sp³-hybridized carbons (Fsp3) is 0.0732. The second-order valence-corrected chi connectivity index (χ2v) is 19.6. The van der Waals surface area contributed by atoms with Crippen LogP contribution in [0, 0.1) is 0 Å². The Hall–Kier alpha value is -5.31. The van der Waals surface area contributed by atoms with E-state index >= 15 is 9.59 Å². The van der Waals surface area contributed by atoms with Gasteiger partial charge in [0.2, 0.25) is 5.91 Å². The minimum Gasteiger partial charge on any atom is -0.326 e. The average molecular weight is 645 g/mol. The van der Waals surface area contributed by atoms with Crippen LogP contribution in [0.1, 0.15) is 13.8 Å². The molecule has 0 bridgehead atoms. The average Bonchev–Trinajstić information content (AvgIpc) is 3.31. The highest BCUT2D eigenvalue weighted by molar-refractivity contribution is 7.14. The lowest BCUT2D eigenvalue weighted by atomic mass is 10.1. The van der Waals surface area contributed by atoms with Gasteiger partial charge in [-0.1, -0.05) is 182 Å². The van der Waals surface area contributed by atoms with E-state index in [1.807, 2.05) is 128 Å². The van der Waals surface area contributed by atoms with Gasteiger partial charge in [-0.2, -0.15) is 0 Å². The van der Waals surface area contributed by atoms with Crippen molar-refractivity contribution in [3.8, 4) is 0 Å². The van der Waals surface area contributed by atoms with Crippen molar-refractivity contribution >= 4 is 59.5 Å². The predicted molar refractivity (Wildman–Crippen MR) is 196 cm³/mol. The van der Waals surface area contributed by atoms with Crippen LogP contribution in [0.5, 0.6) is 0 Å². The molecule has 0 unspecified atom stereocenters. The van der Waals surface area contributed by atoms with E-state index in [4.69, 9.17) is 0 Å². The van der Waals surface area contributed by atoms with Crippen LogP contribution >= 0.6 is 0 Å². The van der Waals surface area contributed by atoms with E-state index in [0.717, 1.165) is 31.1 Å². The molecular formula is C41H36N2O2Si2. The third-order valence-electron chi connectivity index (χ3n) is 9.49. The SMILES string of the molecule is CC1(C)C(=O)N([Si](c2ccccc2)(c2ccccc2)c2ccccc2)C(=O)N1[Si](c1ccccc1)(c1ccccc1)c1ccccc1. The first-order chi connectivity index (χ1) is 22.9. The molecule has 0 radical (unpaired) electrons. The van der Waals surface area contributed by atoms with E-state index in [-0.39, 0.29) is 11.9 Å². The summed E-state index contributed by atoms with van der Waals surface area (Å²) in [7, 11) is -6.93. The smallest absolute Gasteiger partial charge is 0.313 e. The number of hydrogen-bond donors (Lipinski definition) is 0. The van der Waals surface area contributed by atoms with Crippen molar-refractivity contribution in [3.05, 3.63) is 182 Å². The molecule has 0 aromatic heterocycles. The van der Waals surface area contributed by atoms with E-state index in [1.165, 1.54) is 0 Å². The first-order valence-electron chi connectivity index (χ1n) is 16.0. The molecule has 0 saturated carbocycles. The predicted octanol–water partition coefficient (Wildman–Crippen LogP) is 4.36. The van der Waals surface area contributed by atoms with Gasteiger partial charge in [0.15, 0.2) is 0 Å². The summed E-state index contributed by atoms with van der Waals surface area (Å²) in [5, 5.41) is 6.05. The summed E-state index contributed by atoms with van der Waals surface area (Å²) < 4.78 is 3.70. The molecule has 1 aliphatic rings. The molecule has 6 aromatic rings. The molecule has 0 N–H and O–H groups in total. The molecule has 3 amide bonds. The van der Waals surface area contributed by atoms with Crippen molar-refractivity contribution in [2.75, 3.05) is 0 Å². The normalized spacial score (nSPS) is 14.8. The van der Waals surface area contributed by atoms with Crippen LogP contribution in [0.2, 0.25) is 0 Å². The van der Waals surface area contributed by atoms with Crippen LogP contribution in [0.15, 0.2) is 182 Å². The summed E-state index contributed by atoms with van der Waals surface area (Å²) in [6, 6.07) is 61.2. The molecule has 4 nitrogen and oxygen atoms in total. The van der Waals surface area contributed by atoms with E-state index in [0.29, 0.717) is 0 Å². The Kier molecular flexibility index (Phi) is 7.84. The second kappa shape index (κ2) is 12.1. The van der Waals surface area contributed by atoms with Gasteiger partial charge in [0.25, 0.3) is 16.5 Å². The van der Waals surface area contributed by atoms with Crippen molar-refractivity contribution in [3.63, 3.8) is 0 Å². The molecule has 0 atom stereocenters. The number of nitrogens with zero attached hydrogens (tertiary/aromatic N) is 2. The topological polar surface area (TPSA) is 40.6 Å². The van der Waals surface area contributed by atoms with Gasteiger partial charge in [-0.25, -0.2) is 4.79 Å². The monoisotopic (exact) mass is 644 g/mol. The highest BCUT2D eigenvalue weighted by atomic mass is 28.3. The van der Waals surface area contributed by atoms with Gasteiger partial charge in [0.05, 0.1) is 0 Å². The molecule has 1 aliphatic heterocycles.